The summed E-state index contributed by atoms with van der Waals surface area (Å²) in [7, 11) is 9.17. The van der Waals surface area contributed by atoms with E-state index < -0.39 is 11.9 Å². The molecule has 4 rings (SSSR count). The van der Waals surface area contributed by atoms with E-state index in [0.717, 1.165) is 0 Å². The van der Waals surface area contributed by atoms with Crippen LogP contribution in [-0.4, -0.2) is 66.4 Å². The third-order valence-corrected chi connectivity index (χ3v) is 5.44. The van der Waals surface area contributed by atoms with Gasteiger partial charge in [-0.15, -0.1) is 0 Å². The molecule has 0 radical (unpaired) electrons. The van der Waals surface area contributed by atoms with E-state index in [1.54, 1.807) is 50.3 Å². The number of carbonyl (C=O) groups excluding carboxylic acids is 2. The molecule has 2 aromatic carbocycles. The summed E-state index contributed by atoms with van der Waals surface area (Å²) in [4.78, 5) is 31.1. The Morgan fingerprint density at radius 1 is 0.550 bits per heavy atom. The topological polar surface area (TPSA) is 133 Å². The Hall–Kier alpha value is -5.00. The van der Waals surface area contributed by atoms with Crippen molar-refractivity contribution in [1.29, 1.82) is 0 Å². The highest BCUT2D eigenvalue weighted by Crippen LogP contribution is 2.40. The fourth-order valence-corrected chi connectivity index (χ4v) is 3.72. The van der Waals surface area contributed by atoms with Gasteiger partial charge in [0, 0.05) is 13.8 Å². The smallest absolute Gasteiger partial charge is 0.363 e. The molecule has 40 heavy (non-hydrogen) atoms. The lowest BCUT2D eigenvalue weighted by molar-refractivity contribution is -0.130. The van der Waals surface area contributed by atoms with Gasteiger partial charge in [0.25, 0.3) is 0 Å². The zero-order valence-corrected chi connectivity index (χ0v) is 23.4. The predicted octanol–water partition coefficient (Wildman–Crippen LogP) is 4.06. The molecule has 12 nitrogen and oxygen atoms in total. The van der Waals surface area contributed by atoms with Crippen molar-refractivity contribution in [2.24, 2.45) is 9.98 Å². The molecule has 0 aliphatic carbocycles. The third kappa shape index (κ3) is 6.70. The van der Waals surface area contributed by atoms with Gasteiger partial charge in [0.2, 0.25) is 11.5 Å². The fraction of sp³-hybridized carbons (Fsp3) is 0.286. The number of nitrogens with zero attached hydrogens (tertiary/aromatic N) is 2. The summed E-state index contributed by atoms with van der Waals surface area (Å²) < 4.78 is 41.2. The van der Waals surface area contributed by atoms with Crippen LogP contribution in [0.2, 0.25) is 0 Å². The molecule has 0 saturated carbocycles. The minimum Gasteiger partial charge on any atom is -0.493 e. The first kappa shape index (κ1) is 29.6. The predicted molar refractivity (Wildman–Crippen MR) is 147 cm³/mol. The van der Waals surface area contributed by atoms with Crippen molar-refractivity contribution in [3.63, 3.8) is 0 Å². The van der Waals surface area contributed by atoms with Gasteiger partial charge < -0.3 is 37.9 Å². The summed E-state index contributed by atoms with van der Waals surface area (Å²) in [5, 5.41) is 0. The van der Waals surface area contributed by atoms with Crippen molar-refractivity contribution in [3.8, 4) is 34.5 Å². The van der Waals surface area contributed by atoms with Crippen LogP contribution in [0.25, 0.3) is 12.2 Å². The second-order valence-electron chi connectivity index (χ2n) is 8.02. The summed E-state index contributed by atoms with van der Waals surface area (Å²) in [6, 6.07) is 6.91. The van der Waals surface area contributed by atoms with Gasteiger partial charge in [-0.3, -0.25) is 0 Å². The highest BCUT2D eigenvalue weighted by molar-refractivity contribution is 6.07. The van der Waals surface area contributed by atoms with Crippen LogP contribution in [0.1, 0.15) is 25.0 Å². The van der Waals surface area contributed by atoms with E-state index in [-0.39, 0.29) is 11.4 Å². The highest BCUT2D eigenvalue weighted by Gasteiger charge is 2.22. The minimum atomic E-state index is -0.476. The molecule has 2 aliphatic heterocycles. The van der Waals surface area contributed by atoms with Gasteiger partial charge in [0.05, 0.1) is 42.7 Å². The molecule has 2 aromatic rings. The Labute approximate surface area is 231 Å². The van der Waals surface area contributed by atoms with Gasteiger partial charge >= 0.3 is 11.9 Å². The molecule has 0 saturated heterocycles. The van der Waals surface area contributed by atoms with Crippen molar-refractivity contribution in [3.05, 3.63) is 46.8 Å². The van der Waals surface area contributed by atoms with Gasteiger partial charge in [-0.25, -0.2) is 19.6 Å². The average molecular weight is 555 g/mol. The number of hydrogen-bond donors (Lipinski definition) is 0. The zero-order chi connectivity index (χ0) is 29.4. The maximum Gasteiger partial charge on any atom is 0.363 e. The Morgan fingerprint density at radius 2 is 0.850 bits per heavy atom. The number of rotatable bonds is 8. The Kier molecular flexibility index (Phi) is 9.74. The summed E-state index contributed by atoms with van der Waals surface area (Å²) in [5.74, 6) is 2.71. The molecule has 0 spiro atoms. The average Bonchev–Trinajstić information content (AvgIpc) is 3.44. The normalized spacial score (nSPS) is 15.9. The molecule has 0 unspecified atom stereocenters. The Bertz CT molecular complexity index is 1260. The fourth-order valence-electron chi connectivity index (χ4n) is 3.72. The van der Waals surface area contributed by atoms with Crippen LogP contribution in [0.4, 0.5) is 0 Å². The molecule has 2 aliphatic rings. The van der Waals surface area contributed by atoms with E-state index in [1.165, 1.54) is 42.7 Å². The van der Waals surface area contributed by atoms with E-state index in [0.29, 0.717) is 57.4 Å². The Balaban J connectivity index is 0.000000220. The minimum absolute atomic E-state index is 0.233. The van der Waals surface area contributed by atoms with Crippen LogP contribution in [0.15, 0.2) is 45.6 Å². The van der Waals surface area contributed by atoms with Crippen molar-refractivity contribution >= 4 is 35.9 Å². The number of hydrogen-bond acceptors (Lipinski definition) is 12. The second-order valence-corrected chi connectivity index (χ2v) is 8.02. The van der Waals surface area contributed by atoms with E-state index in [1.807, 2.05) is 0 Å². The molecule has 0 bridgehead atoms. The van der Waals surface area contributed by atoms with E-state index in [4.69, 9.17) is 37.9 Å². The third-order valence-electron chi connectivity index (χ3n) is 5.44. The van der Waals surface area contributed by atoms with Crippen LogP contribution < -0.4 is 28.4 Å². The van der Waals surface area contributed by atoms with Crippen molar-refractivity contribution < 1.29 is 47.5 Å². The van der Waals surface area contributed by atoms with Crippen LogP contribution in [0.5, 0.6) is 34.5 Å². The van der Waals surface area contributed by atoms with Crippen molar-refractivity contribution in [2.75, 3.05) is 42.7 Å². The maximum atomic E-state index is 11.5. The zero-order valence-electron chi connectivity index (χ0n) is 23.4. The molecular formula is C28H30N2O10. The molecule has 0 aromatic heterocycles. The summed E-state index contributed by atoms with van der Waals surface area (Å²) >= 11 is 0. The van der Waals surface area contributed by atoms with Gasteiger partial charge in [-0.2, -0.15) is 0 Å². The number of methoxy groups -OCH3 is 6. The molecule has 0 amide bonds. The van der Waals surface area contributed by atoms with E-state index >= 15 is 0 Å². The first-order chi connectivity index (χ1) is 19.2. The van der Waals surface area contributed by atoms with Crippen molar-refractivity contribution in [2.45, 2.75) is 13.8 Å². The summed E-state index contributed by atoms with van der Waals surface area (Å²) in [6.07, 6.45) is 3.20. The highest BCUT2D eigenvalue weighted by atomic mass is 16.6. The van der Waals surface area contributed by atoms with E-state index in [2.05, 4.69) is 9.98 Å². The lowest BCUT2D eigenvalue weighted by Crippen LogP contribution is -2.00. The van der Waals surface area contributed by atoms with Gasteiger partial charge in [0.1, 0.15) is 0 Å². The Morgan fingerprint density at radius 3 is 1.05 bits per heavy atom. The second kappa shape index (κ2) is 13.2. The molecule has 212 valence electrons. The molecular weight excluding hydrogens is 524 g/mol. The van der Waals surface area contributed by atoms with Crippen molar-refractivity contribution in [1.82, 2.24) is 0 Å². The number of benzene rings is 2. The first-order valence-corrected chi connectivity index (χ1v) is 11.8. The number of carbonyl (C=O) groups is 2. The number of aliphatic imine (C=N–C) groups is 2. The van der Waals surface area contributed by atoms with Crippen LogP contribution in [-0.2, 0) is 19.1 Å². The van der Waals surface area contributed by atoms with Crippen LogP contribution in [0, 0.1) is 0 Å². The molecule has 0 N–H and O–H groups in total. The van der Waals surface area contributed by atoms with Crippen LogP contribution >= 0.6 is 0 Å². The molecule has 0 fully saturated rings. The lowest BCUT2D eigenvalue weighted by Gasteiger charge is -2.12. The largest absolute Gasteiger partial charge is 0.493 e. The molecule has 12 heteroatoms. The number of esters is 2. The summed E-state index contributed by atoms with van der Waals surface area (Å²) in [6.45, 7) is 3.24. The standard InChI is InChI=1S/2C14H15NO5/c2*1-8-15-10(14(16)20-8)5-9-6-11(17-2)13(19-4)12(7-9)18-3/h2*5-7H,1-4H3/b2*10-5-. The lowest BCUT2D eigenvalue weighted by atomic mass is 10.1. The molecule has 0 atom stereocenters. The summed E-state index contributed by atoms with van der Waals surface area (Å²) in [5.41, 5.74) is 1.86. The SMILES string of the molecule is COc1cc(/C=C2\N=C(C)OC2=O)cc(OC)c1OC.COc1cc(/C=C2\N=C(C)OC2=O)cc(OC)c1OC. The van der Waals surface area contributed by atoms with E-state index in [9.17, 15) is 9.59 Å². The van der Waals surface area contributed by atoms with Crippen LogP contribution in [0.3, 0.4) is 0 Å². The molecule has 2 heterocycles. The number of ether oxygens (including phenoxy) is 8. The monoisotopic (exact) mass is 554 g/mol. The van der Waals surface area contributed by atoms with Gasteiger partial charge in [-0.05, 0) is 47.5 Å². The first-order valence-electron chi connectivity index (χ1n) is 11.8. The maximum absolute atomic E-state index is 11.5. The number of cyclic esters (lactones) is 2. The van der Waals surface area contributed by atoms with Gasteiger partial charge in [-0.1, -0.05) is 0 Å². The van der Waals surface area contributed by atoms with Gasteiger partial charge in [0.15, 0.2) is 46.2 Å². The quantitative estimate of drug-likeness (QED) is 0.348.